The van der Waals surface area contributed by atoms with Crippen LogP contribution in [-0.4, -0.2) is 22.9 Å². The summed E-state index contributed by atoms with van der Waals surface area (Å²) in [5.41, 5.74) is 6.63. The van der Waals surface area contributed by atoms with Gasteiger partial charge in [-0.25, -0.2) is 0 Å². The summed E-state index contributed by atoms with van der Waals surface area (Å²) in [6.45, 7) is 2.74. The van der Waals surface area contributed by atoms with Crippen molar-refractivity contribution in [3.8, 4) is 0 Å². The molecule has 1 aliphatic carbocycles. The van der Waals surface area contributed by atoms with E-state index in [1.165, 1.54) is 18.4 Å². The fourth-order valence-corrected chi connectivity index (χ4v) is 2.41. The lowest BCUT2D eigenvalue weighted by molar-refractivity contribution is -0.123. The zero-order valence-corrected chi connectivity index (χ0v) is 9.67. The summed E-state index contributed by atoms with van der Waals surface area (Å²) >= 11 is 1.69. The molecule has 0 bridgehead atoms. The minimum absolute atomic E-state index is 0.155. The zero-order chi connectivity index (χ0) is 10.8. The highest BCUT2D eigenvalue weighted by atomic mass is 32.1. The third-order valence-electron chi connectivity index (χ3n) is 2.87. The highest BCUT2D eigenvalue weighted by Crippen LogP contribution is 2.30. The summed E-state index contributed by atoms with van der Waals surface area (Å²) in [5, 5.41) is 4.19. The molecule has 82 valence electrons. The molecule has 1 saturated carbocycles. The van der Waals surface area contributed by atoms with Gasteiger partial charge in [0.2, 0.25) is 5.91 Å². The van der Waals surface area contributed by atoms with Crippen molar-refractivity contribution in [1.29, 1.82) is 0 Å². The van der Waals surface area contributed by atoms with Crippen LogP contribution in [0.2, 0.25) is 0 Å². The van der Waals surface area contributed by atoms with E-state index in [0.29, 0.717) is 6.04 Å². The van der Waals surface area contributed by atoms with Crippen molar-refractivity contribution in [2.75, 3.05) is 0 Å². The number of carbonyl (C=O) groups is 1. The maximum absolute atomic E-state index is 11.2. The summed E-state index contributed by atoms with van der Waals surface area (Å²) in [7, 11) is 0. The van der Waals surface area contributed by atoms with E-state index in [-0.39, 0.29) is 11.9 Å². The Morgan fingerprint density at radius 3 is 2.93 bits per heavy atom. The van der Waals surface area contributed by atoms with Crippen LogP contribution in [-0.2, 0) is 11.3 Å². The van der Waals surface area contributed by atoms with E-state index in [2.05, 4.69) is 21.7 Å². The Kier molecular flexibility index (Phi) is 3.07. The predicted molar refractivity (Wildman–Crippen MR) is 61.5 cm³/mol. The number of nitrogens with two attached hydrogens (primary N) is 1. The molecule has 1 aliphatic rings. The Labute approximate surface area is 93.9 Å². The second kappa shape index (κ2) is 4.33. The SMILES string of the molecule is CC(C(N)=O)N(Cc1ccsc1)C1CC1. The van der Waals surface area contributed by atoms with Crippen molar-refractivity contribution in [2.45, 2.75) is 38.4 Å². The molecule has 4 heteroatoms. The second-order valence-corrected chi connectivity index (χ2v) is 4.89. The second-order valence-electron chi connectivity index (χ2n) is 4.11. The van der Waals surface area contributed by atoms with Crippen molar-refractivity contribution in [2.24, 2.45) is 5.73 Å². The highest BCUT2D eigenvalue weighted by Gasteiger charge is 2.34. The van der Waals surface area contributed by atoms with Crippen LogP contribution in [0, 0.1) is 0 Å². The topological polar surface area (TPSA) is 46.3 Å². The third-order valence-corrected chi connectivity index (χ3v) is 3.60. The first-order valence-electron chi connectivity index (χ1n) is 5.24. The van der Waals surface area contributed by atoms with Crippen molar-refractivity contribution >= 4 is 17.2 Å². The Bertz CT molecular complexity index is 332. The lowest BCUT2D eigenvalue weighted by Crippen LogP contribution is -2.43. The van der Waals surface area contributed by atoms with Gasteiger partial charge in [-0.3, -0.25) is 9.69 Å². The standard InChI is InChI=1S/C11H16N2OS/c1-8(11(12)14)13(10-2-3-10)6-9-4-5-15-7-9/h4-5,7-8,10H,2-3,6H2,1H3,(H2,12,14). The van der Waals surface area contributed by atoms with E-state index in [1.807, 2.05) is 6.92 Å². The van der Waals surface area contributed by atoms with Crippen LogP contribution < -0.4 is 5.73 Å². The molecular weight excluding hydrogens is 208 g/mol. The van der Waals surface area contributed by atoms with Gasteiger partial charge in [0, 0.05) is 12.6 Å². The van der Waals surface area contributed by atoms with Gasteiger partial charge in [0.05, 0.1) is 6.04 Å². The van der Waals surface area contributed by atoms with Gasteiger partial charge < -0.3 is 5.73 Å². The monoisotopic (exact) mass is 224 g/mol. The van der Waals surface area contributed by atoms with E-state index in [4.69, 9.17) is 5.73 Å². The number of hydrogen-bond acceptors (Lipinski definition) is 3. The predicted octanol–water partition coefficient (Wildman–Crippen LogP) is 1.59. The summed E-state index contributed by atoms with van der Waals surface area (Å²) in [6.07, 6.45) is 2.39. The lowest BCUT2D eigenvalue weighted by Gasteiger charge is -2.26. The van der Waals surface area contributed by atoms with Crippen LogP contribution in [0.25, 0.3) is 0 Å². The fourth-order valence-electron chi connectivity index (χ4n) is 1.75. The molecule has 2 rings (SSSR count). The van der Waals surface area contributed by atoms with Gasteiger partial charge in [-0.05, 0) is 42.2 Å². The quantitative estimate of drug-likeness (QED) is 0.825. The zero-order valence-electron chi connectivity index (χ0n) is 8.85. The molecule has 0 saturated heterocycles. The third kappa shape index (κ3) is 2.58. The summed E-state index contributed by atoms with van der Waals surface area (Å²) in [5.74, 6) is -0.225. The van der Waals surface area contributed by atoms with Gasteiger partial charge >= 0.3 is 0 Å². The van der Waals surface area contributed by atoms with Crippen molar-refractivity contribution in [3.63, 3.8) is 0 Å². The first-order valence-corrected chi connectivity index (χ1v) is 6.19. The Balaban J connectivity index is 2.03. The molecule has 1 unspecified atom stereocenters. The molecule has 15 heavy (non-hydrogen) atoms. The number of rotatable bonds is 5. The summed E-state index contributed by atoms with van der Waals surface area (Å²) in [4.78, 5) is 13.4. The van der Waals surface area contributed by atoms with E-state index in [9.17, 15) is 4.79 Å². The van der Waals surface area contributed by atoms with Gasteiger partial charge in [-0.1, -0.05) is 0 Å². The van der Waals surface area contributed by atoms with Gasteiger partial charge in [0.1, 0.15) is 0 Å². The number of primary amides is 1. The molecular formula is C11H16N2OS. The maximum Gasteiger partial charge on any atom is 0.234 e. The number of carbonyl (C=O) groups excluding carboxylic acids is 1. The van der Waals surface area contributed by atoms with Gasteiger partial charge in [-0.2, -0.15) is 11.3 Å². The van der Waals surface area contributed by atoms with Crippen LogP contribution in [0.5, 0.6) is 0 Å². The van der Waals surface area contributed by atoms with Crippen LogP contribution in [0.15, 0.2) is 16.8 Å². The number of nitrogens with zero attached hydrogens (tertiary/aromatic N) is 1. The molecule has 0 radical (unpaired) electrons. The highest BCUT2D eigenvalue weighted by molar-refractivity contribution is 7.07. The van der Waals surface area contributed by atoms with E-state index >= 15 is 0 Å². The average molecular weight is 224 g/mol. The molecule has 0 aromatic carbocycles. The summed E-state index contributed by atoms with van der Waals surface area (Å²) in [6, 6.07) is 2.51. The minimum atomic E-state index is -0.225. The molecule has 1 fully saturated rings. The summed E-state index contributed by atoms with van der Waals surface area (Å²) < 4.78 is 0. The first kappa shape index (κ1) is 10.6. The van der Waals surface area contributed by atoms with Crippen LogP contribution in [0.3, 0.4) is 0 Å². The molecule has 1 aromatic rings. The molecule has 1 aromatic heterocycles. The van der Waals surface area contributed by atoms with Crippen molar-refractivity contribution in [1.82, 2.24) is 4.90 Å². The van der Waals surface area contributed by atoms with Gasteiger partial charge in [-0.15, -0.1) is 0 Å². The Hall–Kier alpha value is -0.870. The van der Waals surface area contributed by atoms with Crippen molar-refractivity contribution < 1.29 is 4.79 Å². The minimum Gasteiger partial charge on any atom is -0.368 e. The average Bonchev–Trinajstić information content (AvgIpc) is 2.92. The Morgan fingerprint density at radius 2 is 2.47 bits per heavy atom. The molecule has 0 spiro atoms. The van der Waals surface area contributed by atoms with Crippen molar-refractivity contribution in [3.05, 3.63) is 22.4 Å². The van der Waals surface area contributed by atoms with Gasteiger partial charge in [0.25, 0.3) is 0 Å². The number of thiophene rings is 1. The molecule has 1 amide bonds. The fraction of sp³-hybridized carbons (Fsp3) is 0.545. The van der Waals surface area contributed by atoms with Crippen LogP contribution in [0.4, 0.5) is 0 Å². The van der Waals surface area contributed by atoms with Gasteiger partial charge in [0.15, 0.2) is 0 Å². The number of amides is 1. The number of hydrogen-bond donors (Lipinski definition) is 1. The largest absolute Gasteiger partial charge is 0.368 e. The van der Waals surface area contributed by atoms with E-state index < -0.39 is 0 Å². The normalized spacial score (nSPS) is 18.0. The van der Waals surface area contributed by atoms with Crippen LogP contribution in [0.1, 0.15) is 25.3 Å². The molecule has 1 heterocycles. The lowest BCUT2D eigenvalue weighted by atomic mass is 10.2. The van der Waals surface area contributed by atoms with E-state index in [0.717, 1.165) is 6.54 Å². The van der Waals surface area contributed by atoms with Crippen LogP contribution >= 0.6 is 11.3 Å². The molecule has 2 N–H and O–H groups in total. The molecule has 1 atom stereocenters. The smallest absolute Gasteiger partial charge is 0.234 e. The Morgan fingerprint density at radius 1 is 1.73 bits per heavy atom. The molecule has 3 nitrogen and oxygen atoms in total. The maximum atomic E-state index is 11.2. The first-order chi connectivity index (χ1) is 7.18. The molecule has 0 aliphatic heterocycles. The van der Waals surface area contributed by atoms with E-state index in [1.54, 1.807) is 11.3 Å².